The van der Waals surface area contributed by atoms with Gasteiger partial charge in [-0.1, -0.05) is 164 Å². The molecule has 5 rings (SSSR count). The molecule has 0 aliphatic carbocycles. The van der Waals surface area contributed by atoms with Crippen molar-refractivity contribution < 1.29 is 19.4 Å². The fraction of sp³-hybridized carbons (Fsp3) is 0.391. The Morgan fingerprint density at radius 2 is 1.19 bits per heavy atom. The molecule has 0 saturated heterocycles. The molecular weight excluding hydrogens is 659 g/mol. The van der Waals surface area contributed by atoms with E-state index in [0.29, 0.717) is 45.9 Å². The van der Waals surface area contributed by atoms with E-state index in [1.165, 1.54) is 70.3 Å². The minimum atomic E-state index is -0.471. The first-order valence-electron chi connectivity index (χ1n) is 19.7. The van der Waals surface area contributed by atoms with Crippen molar-refractivity contribution in [1.29, 1.82) is 0 Å². The number of amides is 1. The van der Waals surface area contributed by atoms with Crippen LogP contribution in [0.1, 0.15) is 124 Å². The number of esters is 1. The van der Waals surface area contributed by atoms with Gasteiger partial charge >= 0.3 is 5.97 Å². The molecule has 1 amide bonds. The normalized spacial score (nSPS) is 12.0. The lowest BCUT2D eigenvalue weighted by atomic mass is 9.95. The van der Waals surface area contributed by atoms with E-state index >= 15 is 0 Å². The zero-order chi connectivity index (χ0) is 37.3. The molecule has 7 nitrogen and oxygen atoms in total. The molecule has 5 aromatic rings. The molecule has 0 spiro atoms. The molecule has 0 fully saturated rings. The first-order chi connectivity index (χ1) is 26.0. The molecule has 53 heavy (non-hydrogen) atoms. The average molecular weight is 714 g/mol. The highest BCUT2D eigenvalue weighted by Crippen LogP contribution is 2.38. The Morgan fingerprint density at radius 1 is 0.623 bits per heavy atom. The summed E-state index contributed by atoms with van der Waals surface area (Å²) in [5.74, 6) is -0.690. The summed E-state index contributed by atoms with van der Waals surface area (Å²) >= 11 is 0. The van der Waals surface area contributed by atoms with Gasteiger partial charge in [-0.2, -0.15) is 0 Å². The van der Waals surface area contributed by atoms with Crippen molar-refractivity contribution in [1.82, 2.24) is 0 Å². The SMILES string of the molecule is CCCCCCCCCCC(CCCCCC)COC(=O)c1ccccc1N=Nc1cc(C(=O)Nc2cccc3ccccc23)c(O)c2ccccc12. The topological polar surface area (TPSA) is 100 Å². The van der Waals surface area contributed by atoms with E-state index in [1.54, 1.807) is 30.3 Å². The Bertz CT molecular complexity index is 1960. The van der Waals surface area contributed by atoms with Crippen molar-refractivity contribution in [2.45, 2.75) is 104 Å². The molecule has 7 heteroatoms. The number of hydrogen-bond donors (Lipinski definition) is 2. The number of phenols is 1. The fourth-order valence-electron chi connectivity index (χ4n) is 6.97. The van der Waals surface area contributed by atoms with Gasteiger partial charge < -0.3 is 15.2 Å². The Labute approximate surface area is 314 Å². The van der Waals surface area contributed by atoms with E-state index in [4.69, 9.17) is 4.74 Å². The Hall–Kier alpha value is -5.04. The van der Waals surface area contributed by atoms with Crippen LogP contribution in [0.2, 0.25) is 0 Å². The molecule has 0 aromatic heterocycles. The zero-order valence-corrected chi connectivity index (χ0v) is 31.5. The highest BCUT2D eigenvalue weighted by Gasteiger charge is 2.20. The van der Waals surface area contributed by atoms with Crippen molar-refractivity contribution in [3.8, 4) is 5.75 Å². The molecule has 0 bridgehead atoms. The fourth-order valence-corrected chi connectivity index (χ4v) is 6.97. The maximum atomic E-state index is 13.7. The first kappa shape index (κ1) is 39.2. The average Bonchev–Trinajstić information content (AvgIpc) is 3.19. The Balaban J connectivity index is 1.30. The molecule has 0 aliphatic heterocycles. The van der Waals surface area contributed by atoms with E-state index in [2.05, 4.69) is 29.4 Å². The van der Waals surface area contributed by atoms with Crippen LogP contribution in [0.5, 0.6) is 5.75 Å². The molecule has 0 aliphatic rings. The van der Waals surface area contributed by atoms with Gasteiger partial charge in [0.05, 0.1) is 23.4 Å². The quantitative estimate of drug-likeness (QED) is 0.0449. The minimum Gasteiger partial charge on any atom is -0.506 e. The van der Waals surface area contributed by atoms with Crippen molar-refractivity contribution in [3.05, 3.63) is 108 Å². The predicted molar refractivity (Wildman–Crippen MR) is 218 cm³/mol. The number of fused-ring (bicyclic) bond motifs is 2. The number of benzene rings is 5. The number of azo groups is 1. The van der Waals surface area contributed by atoms with Crippen LogP contribution in [0.4, 0.5) is 17.1 Å². The number of aromatic hydroxyl groups is 1. The molecule has 0 saturated carbocycles. The highest BCUT2D eigenvalue weighted by molar-refractivity contribution is 6.14. The number of anilines is 1. The number of rotatable bonds is 21. The number of hydrogen-bond acceptors (Lipinski definition) is 6. The molecule has 278 valence electrons. The first-order valence-corrected chi connectivity index (χ1v) is 19.7. The van der Waals surface area contributed by atoms with Crippen LogP contribution in [0, 0.1) is 5.92 Å². The Morgan fingerprint density at radius 3 is 1.92 bits per heavy atom. The van der Waals surface area contributed by atoms with Gasteiger partial charge in [-0.05, 0) is 48.4 Å². The van der Waals surface area contributed by atoms with Crippen molar-refractivity contribution in [2.75, 3.05) is 11.9 Å². The maximum absolute atomic E-state index is 13.7. The molecule has 2 N–H and O–H groups in total. The number of nitrogens with zero attached hydrogens (tertiary/aromatic N) is 2. The highest BCUT2D eigenvalue weighted by atomic mass is 16.5. The third-order valence-electron chi connectivity index (χ3n) is 10.0. The summed E-state index contributed by atoms with van der Waals surface area (Å²) in [6, 6.07) is 29.3. The number of carbonyl (C=O) groups excluding carboxylic acids is 2. The molecule has 0 heterocycles. The summed E-state index contributed by atoms with van der Waals surface area (Å²) in [7, 11) is 0. The van der Waals surface area contributed by atoms with Crippen molar-refractivity contribution in [2.24, 2.45) is 16.1 Å². The standard InChI is InChI=1S/C46H55N3O4/c1-3-5-7-9-10-11-12-14-23-34(22-13-8-6-4-2)33-53-46(52)39-29-19-20-30-42(39)48-49-43-32-40(44(50)38-28-18-17-27-37(38)43)45(51)47-41-31-21-25-35-24-15-16-26-36(35)41/h15-21,24-32,34,50H,3-14,22-23,33H2,1-2H3,(H,47,51). The third kappa shape index (κ3) is 11.2. The van der Waals surface area contributed by atoms with Gasteiger partial charge in [0, 0.05) is 21.8 Å². The third-order valence-corrected chi connectivity index (χ3v) is 10.0. The van der Waals surface area contributed by atoms with Gasteiger partial charge in [-0.3, -0.25) is 4.79 Å². The zero-order valence-electron chi connectivity index (χ0n) is 31.5. The predicted octanol–water partition coefficient (Wildman–Crippen LogP) is 13.6. The number of unbranched alkanes of at least 4 members (excludes halogenated alkanes) is 10. The molecule has 1 atom stereocenters. The molecule has 0 radical (unpaired) electrons. The molecular formula is C46H55N3O4. The van der Waals surface area contributed by atoms with E-state index < -0.39 is 11.9 Å². The summed E-state index contributed by atoms with van der Waals surface area (Å²) in [4.78, 5) is 27.2. The minimum absolute atomic E-state index is 0.0692. The van der Waals surface area contributed by atoms with Crippen molar-refractivity contribution >= 4 is 50.5 Å². The molecule has 1 unspecified atom stereocenters. The van der Waals surface area contributed by atoms with Crippen LogP contribution in [-0.2, 0) is 4.74 Å². The van der Waals surface area contributed by atoms with Gasteiger partial charge in [0.1, 0.15) is 11.4 Å². The van der Waals surface area contributed by atoms with E-state index in [9.17, 15) is 14.7 Å². The summed E-state index contributed by atoms with van der Waals surface area (Å²) in [6.45, 7) is 4.87. The summed E-state index contributed by atoms with van der Waals surface area (Å²) in [6.07, 6.45) is 17.2. The van der Waals surface area contributed by atoms with Crippen molar-refractivity contribution in [3.63, 3.8) is 0 Å². The van der Waals surface area contributed by atoms with Crippen LogP contribution < -0.4 is 5.32 Å². The smallest absolute Gasteiger partial charge is 0.340 e. The summed E-state index contributed by atoms with van der Waals surface area (Å²) in [5.41, 5.74) is 1.81. The largest absolute Gasteiger partial charge is 0.506 e. The summed E-state index contributed by atoms with van der Waals surface area (Å²) < 4.78 is 5.96. The second-order valence-corrected chi connectivity index (χ2v) is 14.1. The lowest BCUT2D eigenvalue weighted by Crippen LogP contribution is -2.15. The van der Waals surface area contributed by atoms with E-state index in [0.717, 1.165) is 36.5 Å². The number of nitrogens with one attached hydrogen (secondary N) is 1. The lowest BCUT2D eigenvalue weighted by molar-refractivity contribution is 0.0423. The van der Waals surface area contributed by atoms with Gasteiger partial charge in [0.25, 0.3) is 5.91 Å². The van der Waals surface area contributed by atoms with Crippen LogP contribution in [0.15, 0.2) is 107 Å². The van der Waals surface area contributed by atoms with Gasteiger partial charge in [0.2, 0.25) is 0 Å². The number of ether oxygens (including phenoxy) is 1. The second kappa shape index (κ2) is 20.9. The van der Waals surface area contributed by atoms with E-state index in [-0.39, 0.29) is 11.3 Å². The van der Waals surface area contributed by atoms with E-state index in [1.807, 2.05) is 60.7 Å². The lowest BCUT2D eigenvalue weighted by Gasteiger charge is -2.17. The van der Waals surface area contributed by atoms with Crippen LogP contribution in [-0.4, -0.2) is 23.6 Å². The second-order valence-electron chi connectivity index (χ2n) is 14.1. The number of phenolic OH excluding ortho intramolecular Hbond substituents is 1. The van der Waals surface area contributed by atoms with Crippen LogP contribution in [0.3, 0.4) is 0 Å². The van der Waals surface area contributed by atoms with Gasteiger partial charge in [-0.25, -0.2) is 4.79 Å². The molecule has 5 aromatic carbocycles. The van der Waals surface area contributed by atoms with Gasteiger partial charge in [0.15, 0.2) is 0 Å². The number of carbonyl (C=O) groups is 2. The maximum Gasteiger partial charge on any atom is 0.340 e. The Kier molecular flexibility index (Phi) is 15.4. The van der Waals surface area contributed by atoms with Crippen LogP contribution in [0.25, 0.3) is 21.5 Å². The van der Waals surface area contributed by atoms with Crippen LogP contribution >= 0.6 is 0 Å². The summed E-state index contributed by atoms with van der Waals surface area (Å²) in [5, 5.41) is 26.3. The van der Waals surface area contributed by atoms with Gasteiger partial charge in [-0.15, -0.1) is 10.2 Å². The monoisotopic (exact) mass is 713 g/mol.